The van der Waals surface area contributed by atoms with E-state index in [-0.39, 0.29) is 29.7 Å². The molecule has 4 rings (SSSR count). The van der Waals surface area contributed by atoms with E-state index in [1.54, 1.807) is 17.0 Å². The minimum Gasteiger partial charge on any atom is -0.339 e. The molecule has 0 bridgehead atoms. The summed E-state index contributed by atoms with van der Waals surface area (Å²) >= 11 is 0. The highest BCUT2D eigenvalue weighted by molar-refractivity contribution is 6.04. The average Bonchev–Trinajstić information content (AvgIpc) is 2.92. The largest absolute Gasteiger partial charge is 0.339 e. The molecular weight excluding hydrogens is 450 g/mol. The first-order chi connectivity index (χ1) is 17.3. The maximum atomic E-state index is 13.3. The summed E-state index contributed by atoms with van der Waals surface area (Å²) < 4.78 is 0. The van der Waals surface area contributed by atoms with E-state index in [0.29, 0.717) is 37.2 Å². The lowest BCUT2D eigenvalue weighted by Crippen LogP contribution is -2.44. The van der Waals surface area contributed by atoms with Crippen LogP contribution >= 0.6 is 0 Å². The number of hydrogen-bond acceptors (Lipinski definition) is 3. The molecule has 0 radical (unpaired) electrons. The number of hydrogen-bond donors (Lipinski definition) is 1. The number of carbonyl (C=O) groups is 3. The predicted octanol–water partition coefficient (Wildman–Crippen LogP) is 5.32. The number of rotatable bonds is 6. The molecule has 0 spiro atoms. The van der Waals surface area contributed by atoms with Gasteiger partial charge in [0.1, 0.15) is 0 Å². The Morgan fingerprint density at radius 3 is 2.28 bits per heavy atom. The van der Waals surface area contributed by atoms with Crippen molar-refractivity contribution in [1.82, 2.24) is 9.80 Å². The quantitative estimate of drug-likeness (QED) is 0.516. The topological polar surface area (TPSA) is 69.7 Å². The molecule has 3 aromatic carbocycles. The van der Waals surface area contributed by atoms with Crippen LogP contribution in [0.2, 0.25) is 0 Å². The molecule has 36 heavy (non-hydrogen) atoms. The number of nitrogens with one attached hydrogen (secondary N) is 1. The lowest BCUT2D eigenvalue weighted by molar-refractivity contribution is -0.137. The Morgan fingerprint density at radius 1 is 0.917 bits per heavy atom. The second kappa shape index (κ2) is 11.2. The molecule has 186 valence electrons. The summed E-state index contributed by atoms with van der Waals surface area (Å²) in [7, 11) is 1.83. The van der Waals surface area contributed by atoms with Gasteiger partial charge in [0.2, 0.25) is 5.91 Å². The van der Waals surface area contributed by atoms with Gasteiger partial charge in [-0.3, -0.25) is 14.4 Å². The zero-order chi connectivity index (χ0) is 25.7. The van der Waals surface area contributed by atoms with Crippen molar-refractivity contribution < 1.29 is 14.4 Å². The number of piperidine rings is 1. The van der Waals surface area contributed by atoms with Crippen molar-refractivity contribution in [3.8, 4) is 0 Å². The van der Waals surface area contributed by atoms with Gasteiger partial charge in [0.15, 0.2) is 0 Å². The first kappa shape index (κ1) is 25.2. The fraction of sp³-hybridized carbons (Fsp3) is 0.300. The van der Waals surface area contributed by atoms with E-state index in [1.165, 1.54) is 0 Å². The summed E-state index contributed by atoms with van der Waals surface area (Å²) in [6, 6.07) is 24.2. The van der Waals surface area contributed by atoms with Crippen LogP contribution in [-0.4, -0.2) is 47.7 Å². The van der Waals surface area contributed by atoms with Gasteiger partial charge >= 0.3 is 0 Å². The first-order valence-electron chi connectivity index (χ1n) is 12.4. The number of carbonyl (C=O) groups excluding carboxylic acids is 3. The Kier molecular flexibility index (Phi) is 7.84. The molecule has 6 heteroatoms. The van der Waals surface area contributed by atoms with Gasteiger partial charge in [0.05, 0.1) is 6.04 Å². The van der Waals surface area contributed by atoms with Crippen LogP contribution in [-0.2, 0) is 4.79 Å². The van der Waals surface area contributed by atoms with Crippen molar-refractivity contribution in [2.24, 2.45) is 5.92 Å². The third-order valence-electron chi connectivity index (χ3n) is 7.10. The maximum absolute atomic E-state index is 13.3. The fourth-order valence-corrected chi connectivity index (χ4v) is 4.68. The minimum absolute atomic E-state index is 0.0371. The van der Waals surface area contributed by atoms with Crippen LogP contribution in [0.5, 0.6) is 0 Å². The molecule has 3 amide bonds. The number of anilines is 1. The Labute approximate surface area is 212 Å². The van der Waals surface area contributed by atoms with Gasteiger partial charge < -0.3 is 15.1 Å². The lowest BCUT2D eigenvalue weighted by Gasteiger charge is -2.35. The van der Waals surface area contributed by atoms with Crippen molar-refractivity contribution >= 4 is 23.4 Å². The Balaban J connectivity index is 1.35. The van der Waals surface area contributed by atoms with Crippen molar-refractivity contribution in [2.75, 3.05) is 25.5 Å². The van der Waals surface area contributed by atoms with Gasteiger partial charge in [-0.25, -0.2) is 0 Å². The predicted molar refractivity (Wildman–Crippen MR) is 142 cm³/mol. The van der Waals surface area contributed by atoms with E-state index >= 15 is 0 Å². The van der Waals surface area contributed by atoms with Gasteiger partial charge in [-0.1, -0.05) is 48.5 Å². The maximum Gasteiger partial charge on any atom is 0.255 e. The van der Waals surface area contributed by atoms with Crippen LogP contribution in [0.1, 0.15) is 57.7 Å². The molecule has 0 aliphatic carbocycles. The lowest BCUT2D eigenvalue weighted by atomic mass is 9.93. The number of aryl methyl sites for hydroxylation is 1. The summed E-state index contributed by atoms with van der Waals surface area (Å²) in [4.78, 5) is 42.4. The molecule has 1 fully saturated rings. The van der Waals surface area contributed by atoms with Gasteiger partial charge in [-0.05, 0) is 68.1 Å². The molecule has 0 saturated carbocycles. The van der Waals surface area contributed by atoms with E-state index in [9.17, 15) is 14.4 Å². The van der Waals surface area contributed by atoms with Gasteiger partial charge in [-0.2, -0.15) is 0 Å². The van der Waals surface area contributed by atoms with Gasteiger partial charge in [-0.15, -0.1) is 0 Å². The third kappa shape index (κ3) is 5.65. The smallest absolute Gasteiger partial charge is 0.255 e. The fourth-order valence-electron chi connectivity index (χ4n) is 4.68. The number of nitrogens with zero attached hydrogens (tertiary/aromatic N) is 2. The summed E-state index contributed by atoms with van der Waals surface area (Å²) in [6.45, 7) is 5.09. The number of benzene rings is 3. The van der Waals surface area contributed by atoms with E-state index in [1.807, 2.05) is 92.5 Å². The first-order valence-corrected chi connectivity index (χ1v) is 12.4. The van der Waals surface area contributed by atoms with Gasteiger partial charge in [0.25, 0.3) is 11.8 Å². The second-order valence-electron chi connectivity index (χ2n) is 9.45. The molecule has 1 heterocycles. The molecule has 6 nitrogen and oxygen atoms in total. The van der Waals surface area contributed by atoms with Crippen LogP contribution < -0.4 is 5.32 Å². The Morgan fingerprint density at radius 2 is 1.58 bits per heavy atom. The van der Waals surface area contributed by atoms with Crippen LogP contribution in [0.4, 0.5) is 5.69 Å². The number of likely N-dealkylation sites (tertiary alicyclic amines) is 1. The van der Waals surface area contributed by atoms with E-state index < -0.39 is 0 Å². The Hall–Kier alpha value is -3.93. The zero-order valence-electron chi connectivity index (χ0n) is 21.1. The van der Waals surface area contributed by atoms with E-state index in [4.69, 9.17) is 0 Å². The van der Waals surface area contributed by atoms with Crippen LogP contribution in [0, 0.1) is 12.8 Å². The molecule has 1 atom stereocenters. The van der Waals surface area contributed by atoms with E-state index in [0.717, 1.165) is 16.7 Å². The average molecular weight is 484 g/mol. The molecule has 1 aliphatic heterocycles. The zero-order valence-corrected chi connectivity index (χ0v) is 21.1. The highest BCUT2D eigenvalue weighted by atomic mass is 16.2. The third-order valence-corrected chi connectivity index (χ3v) is 7.10. The van der Waals surface area contributed by atoms with Crippen LogP contribution in [0.3, 0.4) is 0 Å². The summed E-state index contributed by atoms with van der Waals surface area (Å²) in [5.74, 6) is -0.157. The van der Waals surface area contributed by atoms with Crippen molar-refractivity contribution in [2.45, 2.75) is 32.7 Å². The highest BCUT2D eigenvalue weighted by Gasteiger charge is 2.31. The highest BCUT2D eigenvalue weighted by Crippen LogP contribution is 2.27. The summed E-state index contributed by atoms with van der Waals surface area (Å²) in [6.07, 6.45) is 1.31. The summed E-state index contributed by atoms with van der Waals surface area (Å²) in [5.41, 5.74) is 3.93. The van der Waals surface area contributed by atoms with Crippen molar-refractivity contribution in [3.05, 3.63) is 101 Å². The van der Waals surface area contributed by atoms with Crippen LogP contribution in [0.25, 0.3) is 0 Å². The van der Waals surface area contributed by atoms with Crippen molar-refractivity contribution in [1.29, 1.82) is 0 Å². The Bertz CT molecular complexity index is 1230. The molecule has 3 aromatic rings. The van der Waals surface area contributed by atoms with Crippen LogP contribution in [0.15, 0.2) is 78.9 Å². The molecule has 0 aromatic heterocycles. The van der Waals surface area contributed by atoms with Gasteiger partial charge in [0, 0.05) is 42.9 Å². The van der Waals surface area contributed by atoms with E-state index in [2.05, 4.69) is 5.32 Å². The SMILES string of the molecule is Cc1ccccc1C(=O)N1CCC(C(=O)N(C)C(C)c2cccc(NC(=O)c3ccccc3)c2)CC1. The molecule has 1 N–H and O–H groups in total. The molecule has 1 aliphatic rings. The minimum atomic E-state index is -0.170. The normalized spacial score (nSPS) is 14.7. The molecule has 1 saturated heterocycles. The molecular formula is C30H33N3O3. The molecule has 1 unspecified atom stereocenters. The number of amides is 3. The standard InChI is InChI=1S/C30H33N3O3/c1-21-10-7-8-15-27(21)30(36)33-18-16-24(17-19-33)29(35)32(3)22(2)25-13-9-14-26(20-25)31-28(34)23-11-5-4-6-12-23/h4-15,20,22,24H,16-19H2,1-3H3,(H,31,34). The second-order valence-corrected chi connectivity index (χ2v) is 9.45. The monoisotopic (exact) mass is 483 g/mol. The van der Waals surface area contributed by atoms with Crippen molar-refractivity contribution in [3.63, 3.8) is 0 Å². The summed E-state index contributed by atoms with van der Waals surface area (Å²) in [5, 5.41) is 2.94.